The average Bonchev–Trinajstić information content (AvgIpc) is 0. The molecule has 0 atom stereocenters. The number of hydrogen-bond donors (Lipinski definition) is 0. The number of rotatable bonds is 0. The SMILES string of the molecule is [Cr].[Cu].[Ni].[Ti]. The molecule has 0 nitrogen and oxygen atoms in total. The summed E-state index contributed by atoms with van der Waals surface area (Å²) in [6.45, 7) is 0. The Morgan fingerprint density at radius 1 is 1.00 bits per heavy atom. The summed E-state index contributed by atoms with van der Waals surface area (Å²) >= 11 is 0. The zero-order valence-corrected chi connectivity index (χ0v) is 6.29. The molecule has 0 amide bonds. The number of hydrogen-bond acceptors (Lipinski definition) is 0. The summed E-state index contributed by atoms with van der Waals surface area (Å²) in [6.07, 6.45) is 0. The molecule has 31 valence electrons. The maximum atomic E-state index is 0. The summed E-state index contributed by atoms with van der Waals surface area (Å²) in [6, 6.07) is 0. The van der Waals surface area contributed by atoms with Crippen LogP contribution in [-0.2, 0) is 72.6 Å². The molecular weight excluding hydrogens is 222 g/mol. The molecule has 0 saturated heterocycles. The Bertz CT molecular complexity index is 8.00. The van der Waals surface area contributed by atoms with Gasteiger partial charge in [-0.15, -0.1) is 0 Å². The van der Waals surface area contributed by atoms with Gasteiger partial charge < -0.3 is 0 Å². The van der Waals surface area contributed by atoms with Gasteiger partial charge in [-0.1, -0.05) is 0 Å². The van der Waals surface area contributed by atoms with Gasteiger partial charge in [0.1, 0.15) is 0 Å². The second kappa shape index (κ2) is 18.7. The molecule has 1 radical (unpaired) electrons. The van der Waals surface area contributed by atoms with Crippen molar-refractivity contribution in [2.75, 3.05) is 0 Å². The van der Waals surface area contributed by atoms with Crippen LogP contribution in [0.25, 0.3) is 0 Å². The first-order chi connectivity index (χ1) is 0. The second-order valence-electron chi connectivity index (χ2n) is 0. The monoisotopic (exact) mass is 221 g/mol. The molecule has 0 fully saturated rings. The molecule has 0 N–H and O–H groups in total. The van der Waals surface area contributed by atoms with E-state index in [0.717, 1.165) is 0 Å². The van der Waals surface area contributed by atoms with Gasteiger partial charge in [-0.3, -0.25) is 0 Å². The summed E-state index contributed by atoms with van der Waals surface area (Å²) in [5, 5.41) is 0. The van der Waals surface area contributed by atoms with Crippen LogP contribution in [0.2, 0.25) is 0 Å². The molecule has 0 aromatic carbocycles. The quantitative estimate of drug-likeness (QED) is 0.506. The Morgan fingerprint density at radius 2 is 1.00 bits per heavy atom. The minimum Gasteiger partial charge on any atom is 0 e. The van der Waals surface area contributed by atoms with E-state index in [1.165, 1.54) is 0 Å². The summed E-state index contributed by atoms with van der Waals surface area (Å²) in [5.41, 5.74) is 0. The van der Waals surface area contributed by atoms with E-state index in [-0.39, 0.29) is 72.6 Å². The van der Waals surface area contributed by atoms with Crippen molar-refractivity contribution in [3.05, 3.63) is 0 Å². The van der Waals surface area contributed by atoms with E-state index < -0.39 is 0 Å². The van der Waals surface area contributed by atoms with E-state index >= 15 is 0 Å². The molecule has 0 aliphatic rings. The maximum absolute atomic E-state index is 0. The molecule has 0 aliphatic heterocycles. The van der Waals surface area contributed by atoms with Gasteiger partial charge in [-0.25, -0.2) is 0 Å². The Labute approximate surface area is 71.9 Å². The van der Waals surface area contributed by atoms with Crippen LogP contribution in [-0.4, -0.2) is 0 Å². The van der Waals surface area contributed by atoms with Gasteiger partial charge in [0.05, 0.1) is 0 Å². The predicted octanol–water partition coefficient (Wildman–Crippen LogP) is -0.0100. The van der Waals surface area contributed by atoms with Crippen LogP contribution in [0.5, 0.6) is 0 Å². The van der Waals surface area contributed by atoms with E-state index in [1.807, 2.05) is 0 Å². The fraction of sp³-hybridized carbons (Fsp3) is 0. The largest absolute Gasteiger partial charge is 0 e. The Kier molecular flexibility index (Phi) is 158. The van der Waals surface area contributed by atoms with Crippen molar-refractivity contribution in [1.29, 1.82) is 0 Å². The second-order valence-corrected chi connectivity index (χ2v) is 0. The zero-order valence-electron chi connectivity index (χ0n) is 1.53. The van der Waals surface area contributed by atoms with Crippen molar-refractivity contribution in [2.24, 2.45) is 0 Å². The summed E-state index contributed by atoms with van der Waals surface area (Å²) in [7, 11) is 0. The Morgan fingerprint density at radius 3 is 1.00 bits per heavy atom. The molecule has 0 aliphatic carbocycles. The standard InChI is InChI=1S/Cr.Cu.Ni.Ti. The van der Waals surface area contributed by atoms with Crippen LogP contribution in [0.4, 0.5) is 0 Å². The Hall–Kier alpha value is 2.26. The van der Waals surface area contributed by atoms with E-state index in [0.29, 0.717) is 0 Å². The summed E-state index contributed by atoms with van der Waals surface area (Å²) in [5.74, 6) is 0. The fourth-order valence-electron chi connectivity index (χ4n) is 0. The molecule has 0 aromatic rings. The molecule has 0 rings (SSSR count). The van der Waals surface area contributed by atoms with Crippen molar-refractivity contribution in [1.82, 2.24) is 0 Å². The van der Waals surface area contributed by atoms with Gasteiger partial charge in [0.2, 0.25) is 0 Å². The van der Waals surface area contributed by atoms with Gasteiger partial charge in [-0.05, 0) is 0 Å². The van der Waals surface area contributed by atoms with Crippen molar-refractivity contribution in [3.8, 4) is 0 Å². The third kappa shape index (κ3) is 8.86. The van der Waals surface area contributed by atoms with E-state index in [1.54, 1.807) is 0 Å². The smallest absolute Gasteiger partial charge is 0 e. The normalized spacial score (nSPS) is 0. The van der Waals surface area contributed by atoms with Crippen LogP contribution in [0.15, 0.2) is 0 Å². The topological polar surface area (TPSA) is 0 Å². The molecule has 0 heterocycles. The third-order valence-electron chi connectivity index (χ3n) is 0. The first kappa shape index (κ1) is 33.9. The van der Waals surface area contributed by atoms with Crippen molar-refractivity contribution in [2.45, 2.75) is 0 Å². The summed E-state index contributed by atoms with van der Waals surface area (Å²) in [4.78, 5) is 0. The molecule has 0 unspecified atom stereocenters. The van der Waals surface area contributed by atoms with Crippen LogP contribution < -0.4 is 0 Å². The molecule has 0 spiro atoms. The Balaban J connectivity index is 0. The predicted molar refractivity (Wildman–Crippen MR) is 0 cm³/mol. The van der Waals surface area contributed by atoms with Gasteiger partial charge in [0.15, 0.2) is 0 Å². The molecule has 0 bridgehead atoms. The minimum atomic E-state index is 0. The molecular formula is CrCuNiTi. The van der Waals surface area contributed by atoms with Crippen LogP contribution in [0.3, 0.4) is 0 Å². The van der Waals surface area contributed by atoms with E-state index in [9.17, 15) is 0 Å². The van der Waals surface area contributed by atoms with Crippen LogP contribution in [0.1, 0.15) is 0 Å². The molecule has 4 heavy (non-hydrogen) atoms. The van der Waals surface area contributed by atoms with Crippen LogP contribution in [0, 0.1) is 0 Å². The first-order valence-electron chi connectivity index (χ1n) is 0. The van der Waals surface area contributed by atoms with Gasteiger partial charge in [-0.2, -0.15) is 0 Å². The third-order valence-corrected chi connectivity index (χ3v) is 0. The molecule has 4 heteroatoms. The first-order valence-corrected chi connectivity index (χ1v) is 0. The molecule has 0 saturated carbocycles. The van der Waals surface area contributed by atoms with E-state index in [4.69, 9.17) is 0 Å². The minimum absolute atomic E-state index is 0. The van der Waals surface area contributed by atoms with E-state index in [2.05, 4.69) is 0 Å². The van der Waals surface area contributed by atoms with Crippen molar-refractivity contribution >= 4 is 0 Å². The van der Waals surface area contributed by atoms with Gasteiger partial charge >= 0.3 is 0 Å². The van der Waals surface area contributed by atoms with Gasteiger partial charge in [0, 0.05) is 72.6 Å². The fourth-order valence-corrected chi connectivity index (χ4v) is 0. The average molecular weight is 222 g/mol. The van der Waals surface area contributed by atoms with Crippen molar-refractivity contribution < 1.29 is 72.6 Å². The maximum Gasteiger partial charge on any atom is 0 e. The zero-order chi connectivity index (χ0) is 0. The summed E-state index contributed by atoms with van der Waals surface area (Å²) < 4.78 is 0. The molecule has 0 aromatic heterocycles. The van der Waals surface area contributed by atoms with Crippen molar-refractivity contribution in [3.63, 3.8) is 0 Å². The van der Waals surface area contributed by atoms with Crippen LogP contribution >= 0.6 is 0 Å². The van der Waals surface area contributed by atoms with Gasteiger partial charge in [0.25, 0.3) is 0 Å².